The van der Waals surface area contributed by atoms with Crippen molar-refractivity contribution in [1.82, 2.24) is 5.32 Å². The van der Waals surface area contributed by atoms with Crippen LogP contribution in [-0.2, 0) is 0 Å². The van der Waals surface area contributed by atoms with Crippen LogP contribution >= 0.6 is 0 Å². The van der Waals surface area contributed by atoms with Crippen LogP contribution in [0.3, 0.4) is 0 Å². The molecule has 2 unspecified atom stereocenters. The van der Waals surface area contributed by atoms with Crippen LogP contribution < -0.4 is 5.32 Å². The molecule has 2 N–H and O–H groups in total. The van der Waals surface area contributed by atoms with Crippen LogP contribution in [0.5, 0.6) is 0 Å². The highest BCUT2D eigenvalue weighted by Gasteiger charge is 2.18. The fourth-order valence-corrected chi connectivity index (χ4v) is 2.45. The standard InChI is InChI=1S/C17H29NO/c1-4-5-11-17(15-9-7-6-8-10-15)18-16(12-13-19)14(2)3/h6-10,14,16-19H,4-5,11-13H2,1-3H3. The Hall–Kier alpha value is -0.860. The lowest BCUT2D eigenvalue weighted by Crippen LogP contribution is -2.37. The largest absolute Gasteiger partial charge is 0.396 e. The highest BCUT2D eigenvalue weighted by molar-refractivity contribution is 5.19. The average Bonchev–Trinajstić information content (AvgIpc) is 2.43. The number of hydrogen-bond acceptors (Lipinski definition) is 2. The van der Waals surface area contributed by atoms with Gasteiger partial charge in [0.1, 0.15) is 0 Å². The van der Waals surface area contributed by atoms with E-state index in [9.17, 15) is 5.11 Å². The molecule has 0 aliphatic carbocycles. The first-order valence-electron chi connectivity index (χ1n) is 7.60. The molecule has 1 rings (SSSR count). The molecule has 1 aromatic carbocycles. The number of unbranched alkanes of at least 4 members (excludes halogenated alkanes) is 1. The van der Waals surface area contributed by atoms with Crippen LogP contribution in [0.15, 0.2) is 30.3 Å². The third-order valence-corrected chi connectivity index (χ3v) is 3.71. The van der Waals surface area contributed by atoms with Crippen molar-refractivity contribution >= 4 is 0 Å². The van der Waals surface area contributed by atoms with Gasteiger partial charge in [0.15, 0.2) is 0 Å². The SMILES string of the molecule is CCCCC(NC(CCO)C(C)C)c1ccccc1. The molecule has 19 heavy (non-hydrogen) atoms. The van der Waals surface area contributed by atoms with E-state index in [0.29, 0.717) is 18.0 Å². The summed E-state index contributed by atoms with van der Waals surface area (Å²) in [5, 5.41) is 13.0. The minimum atomic E-state index is 0.255. The van der Waals surface area contributed by atoms with Gasteiger partial charge in [0.25, 0.3) is 0 Å². The Kier molecular flexibility index (Phi) is 7.76. The maximum atomic E-state index is 9.21. The molecule has 108 valence electrons. The van der Waals surface area contributed by atoms with E-state index in [1.807, 2.05) is 0 Å². The Balaban J connectivity index is 2.73. The van der Waals surface area contributed by atoms with Crippen LogP contribution in [0.1, 0.15) is 58.1 Å². The van der Waals surface area contributed by atoms with Gasteiger partial charge >= 0.3 is 0 Å². The lowest BCUT2D eigenvalue weighted by Gasteiger charge is -2.28. The van der Waals surface area contributed by atoms with E-state index in [4.69, 9.17) is 0 Å². The molecule has 0 fully saturated rings. The van der Waals surface area contributed by atoms with E-state index < -0.39 is 0 Å². The number of aliphatic hydroxyl groups excluding tert-OH is 1. The summed E-state index contributed by atoms with van der Waals surface area (Å²) < 4.78 is 0. The summed E-state index contributed by atoms with van der Waals surface area (Å²) in [6, 6.07) is 11.5. The lowest BCUT2D eigenvalue weighted by molar-refractivity contribution is 0.232. The van der Waals surface area contributed by atoms with Crippen LogP contribution in [0.2, 0.25) is 0 Å². The fourth-order valence-electron chi connectivity index (χ4n) is 2.45. The van der Waals surface area contributed by atoms with Gasteiger partial charge in [0, 0.05) is 18.7 Å². The van der Waals surface area contributed by atoms with Crippen LogP contribution in [-0.4, -0.2) is 17.8 Å². The molecule has 0 heterocycles. The monoisotopic (exact) mass is 263 g/mol. The minimum absolute atomic E-state index is 0.255. The Morgan fingerprint density at radius 3 is 2.32 bits per heavy atom. The van der Waals surface area contributed by atoms with Gasteiger partial charge in [-0.25, -0.2) is 0 Å². The van der Waals surface area contributed by atoms with E-state index >= 15 is 0 Å². The molecule has 2 heteroatoms. The number of benzene rings is 1. The zero-order chi connectivity index (χ0) is 14.1. The molecular weight excluding hydrogens is 234 g/mol. The summed E-state index contributed by atoms with van der Waals surface area (Å²) in [5.74, 6) is 0.542. The quantitative estimate of drug-likeness (QED) is 0.708. The number of hydrogen-bond donors (Lipinski definition) is 2. The first-order valence-corrected chi connectivity index (χ1v) is 7.60. The molecule has 0 aliphatic heterocycles. The Bertz CT molecular complexity index is 323. The summed E-state index contributed by atoms with van der Waals surface area (Å²) in [5.41, 5.74) is 1.36. The maximum Gasteiger partial charge on any atom is 0.0445 e. The molecule has 0 aliphatic rings. The van der Waals surface area contributed by atoms with Crippen molar-refractivity contribution in [3.63, 3.8) is 0 Å². The van der Waals surface area contributed by atoms with Crippen molar-refractivity contribution in [2.24, 2.45) is 5.92 Å². The number of rotatable bonds is 9. The molecular formula is C17H29NO. The van der Waals surface area contributed by atoms with Gasteiger partial charge in [-0.05, 0) is 24.3 Å². The molecule has 0 amide bonds. The average molecular weight is 263 g/mol. The predicted molar refractivity (Wildman–Crippen MR) is 82.2 cm³/mol. The second-order valence-corrected chi connectivity index (χ2v) is 5.63. The zero-order valence-corrected chi connectivity index (χ0v) is 12.6. The van der Waals surface area contributed by atoms with E-state index in [-0.39, 0.29) is 6.61 Å². The van der Waals surface area contributed by atoms with Crippen molar-refractivity contribution in [3.05, 3.63) is 35.9 Å². The highest BCUT2D eigenvalue weighted by atomic mass is 16.3. The first kappa shape index (κ1) is 16.2. The van der Waals surface area contributed by atoms with Gasteiger partial charge in [-0.2, -0.15) is 0 Å². The molecule has 1 aromatic rings. The summed E-state index contributed by atoms with van der Waals surface area (Å²) in [7, 11) is 0. The number of aliphatic hydroxyl groups is 1. The Morgan fingerprint density at radius 2 is 1.79 bits per heavy atom. The summed E-state index contributed by atoms with van der Waals surface area (Å²) in [6.07, 6.45) is 4.44. The summed E-state index contributed by atoms with van der Waals surface area (Å²) in [4.78, 5) is 0. The van der Waals surface area contributed by atoms with Gasteiger partial charge in [-0.3, -0.25) is 0 Å². The van der Waals surface area contributed by atoms with E-state index in [1.54, 1.807) is 0 Å². The van der Waals surface area contributed by atoms with Gasteiger partial charge in [0.05, 0.1) is 0 Å². The molecule has 0 saturated carbocycles. The smallest absolute Gasteiger partial charge is 0.0445 e. The van der Waals surface area contributed by atoms with Crippen molar-refractivity contribution in [3.8, 4) is 0 Å². The van der Waals surface area contributed by atoms with E-state index in [0.717, 1.165) is 12.8 Å². The van der Waals surface area contributed by atoms with Gasteiger partial charge in [-0.15, -0.1) is 0 Å². The maximum absolute atomic E-state index is 9.21. The predicted octanol–water partition coefficient (Wildman–Crippen LogP) is 3.91. The van der Waals surface area contributed by atoms with Crippen molar-refractivity contribution in [2.75, 3.05) is 6.61 Å². The lowest BCUT2D eigenvalue weighted by atomic mass is 9.95. The summed E-state index contributed by atoms with van der Waals surface area (Å²) in [6.45, 7) is 6.92. The summed E-state index contributed by atoms with van der Waals surface area (Å²) >= 11 is 0. The molecule has 0 spiro atoms. The van der Waals surface area contributed by atoms with Crippen LogP contribution in [0.25, 0.3) is 0 Å². The van der Waals surface area contributed by atoms with Crippen LogP contribution in [0.4, 0.5) is 0 Å². The van der Waals surface area contributed by atoms with Crippen molar-refractivity contribution in [1.29, 1.82) is 0 Å². The van der Waals surface area contributed by atoms with Crippen molar-refractivity contribution in [2.45, 2.75) is 58.5 Å². The zero-order valence-electron chi connectivity index (χ0n) is 12.6. The highest BCUT2D eigenvalue weighted by Crippen LogP contribution is 2.22. The first-order chi connectivity index (χ1) is 9.19. The second kappa shape index (κ2) is 9.11. The van der Waals surface area contributed by atoms with Crippen LogP contribution in [0, 0.1) is 5.92 Å². The molecule has 0 saturated heterocycles. The topological polar surface area (TPSA) is 32.3 Å². The molecule has 0 radical (unpaired) electrons. The third kappa shape index (κ3) is 5.75. The van der Waals surface area contributed by atoms with E-state index in [1.165, 1.54) is 18.4 Å². The fraction of sp³-hybridized carbons (Fsp3) is 0.647. The van der Waals surface area contributed by atoms with Gasteiger partial charge in [-0.1, -0.05) is 63.9 Å². The van der Waals surface area contributed by atoms with Gasteiger partial charge < -0.3 is 10.4 Å². The second-order valence-electron chi connectivity index (χ2n) is 5.63. The molecule has 2 nitrogen and oxygen atoms in total. The Morgan fingerprint density at radius 1 is 1.11 bits per heavy atom. The molecule has 2 atom stereocenters. The Labute approximate surface area is 118 Å². The minimum Gasteiger partial charge on any atom is -0.396 e. The van der Waals surface area contributed by atoms with Gasteiger partial charge in [0.2, 0.25) is 0 Å². The van der Waals surface area contributed by atoms with E-state index in [2.05, 4.69) is 56.4 Å². The normalized spacial score (nSPS) is 14.6. The third-order valence-electron chi connectivity index (χ3n) is 3.71. The molecule has 0 bridgehead atoms. The van der Waals surface area contributed by atoms with Crippen molar-refractivity contribution < 1.29 is 5.11 Å². The number of nitrogens with one attached hydrogen (secondary N) is 1. The molecule has 0 aromatic heterocycles.